The van der Waals surface area contributed by atoms with Gasteiger partial charge >= 0.3 is 0 Å². The fraction of sp³-hybridized carbons (Fsp3) is 0.300. The van der Waals surface area contributed by atoms with E-state index in [0.29, 0.717) is 0 Å². The lowest BCUT2D eigenvalue weighted by molar-refractivity contribution is 0.360. The standard InChI is InChI=1S/C30H29N3/c1-30(2)27-18-23-16-21-8-4-3-7-20(21)15-22(23)17-26(27)25-10-9-24(19-28(25)30)33-14-6-13-32-12-5-11-31-29(32)33/h3-4,7-10,15-19H,5-6,11-14H2,1-2H3. The summed E-state index contributed by atoms with van der Waals surface area (Å²) in [6, 6.07) is 25.3. The van der Waals surface area contributed by atoms with Gasteiger partial charge in [0.15, 0.2) is 0 Å². The van der Waals surface area contributed by atoms with E-state index in [2.05, 4.69) is 90.4 Å². The Morgan fingerprint density at radius 3 is 2.24 bits per heavy atom. The highest BCUT2D eigenvalue weighted by atomic mass is 15.4. The van der Waals surface area contributed by atoms with E-state index < -0.39 is 0 Å². The third-order valence-electron chi connectivity index (χ3n) is 7.97. The van der Waals surface area contributed by atoms with E-state index in [1.807, 2.05) is 0 Å². The number of nitrogens with zero attached hydrogens (tertiary/aromatic N) is 3. The second kappa shape index (κ2) is 6.84. The maximum atomic E-state index is 4.91. The smallest absolute Gasteiger partial charge is 0.201 e. The minimum absolute atomic E-state index is 0.0235. The Labute approximate surface area is 195 Å². The monoisotopic (exact) mass is 431 g/mol. The van der Waals surface area contributed by atoms with E-state index in [9.17, 15) is 0 Å². The molecule has 2 aliphatic heterocycles. The lowest BCUT2D eigenvalue weighted by Crippen LogP contribution is -2.52. The number of aliphatic imine (C=N–C) groups is 1. The van der Waals surface area contributed by atoms with Crippen molar-refractivity contribution >= 4 is 33.2 Å². The van der Waals surface area contributed by atoms with Gasteiger partial charge in [0.05, 0.1) is 0 Å². The Bertz CT molecular complexity index is 1460. The molecule has 0 radical (unpaired) electrons. The van der Waals surface area contributed by atoms with Crippen LogP contribution in [0.1, 0.15) is 37.8 Å². The van der Waals surface area contributed by atoms with Crippen LogP contribution in [0.15, 0.2) is 71.7 Å². The summed E-state index contributed by atoms with van der Waals surface area (Å²) in [6.45, 7) is 9.04. The Morgan fingerprint density at radius 1 is 0.697 bits per heavy atom. The van der Waals surface area contributed by atoms with Gasteiger partial charge in [-0.3, -0.25) is 4.99 Å². The molecular weight excluding hydrogens is 402 g/mol. The summed E-state index contributed by atoms with van der Waals surface area (Å²) in [4.78, 5) is 9.83. The third-order valence-corrected chi connectivity index (χ3v) is 7.97. The van der Waals surface area contributed by atoms with E-state index >= 15 is 0 Å². The molecule has 3 aliphatic rings. The Kier molecular flexibility index (Phi) is 3.97. The number of guanidine groups is 1. The molecule has 0 unspecified atom stereocenters. The number of benzene rings is 4. The molecule has 3 heteroatoms. The molecule has 1 aliphatic carbocycles. The lowest BCUT2D eigenvalue weighted by atomic mass is 9.81. The molecule has 0 N–H and O–H groups in total. The Hall–Kier alpha value is -3.33. The van der Waals surface area contributed by atoms with Crippen LogP contribution < -0.4 is 4.90 Å². The van der Waals surface area contributed by atoms with Crippen molar-refractivity contribution < 1.29 is 0 Å². The number of fused-ring (bicyclic) bond motifs is 6. The van der Waals surface area contributed by atoms with Crippen LogP contribution in [0.4, 0.5) is 5.69 Å². The highest BCUT2D eigenvalue weighted by molar-refractivity contribution is 6.02. The van der Waals surface area contributed by atoms with Gasteiger partial charge in [-0.15, -0.1) is 0 Å². The van der Waals surface area contributed by atoms with Crippen LogP contribution in [-0.4, -0.2) is 37.0 Å². The molecule has 164 valence electrons. The van der Waals surface area contributed by atoms with Crippen molar-refractivity contribution in [1.29, 1.82) is 0 Å². The van der Waals surface area contributed by atoms with Crippen molar-refractivity contribution in [2.24, 2.45) is 4.99 Å². The van der Waals surface area contributed by atoms with Gasteiger partial charge in [-0.05, 0) is 93.0 Å². The predicted octanol–water partition coefficient (Wildman–Crippen LogP) is 6.57. The van der Waals surface area contributed by atoms with Crippen molar-refractivity contribution in [2.45, 2.75) is 32.1 Å². The fourth-order valence-corrected chi connectivity index (χ4v) is 6.20. The first kappa shape index (κ1) is 19.2. The van der Waals surface area contributed by atoms with Gasteiger partial charge in [-0.2, -0.15) is 0 Å². The normalized spacial score (nSPS) is 18.8. The predicted molar refractivity (Wildman–Crippen MR) is 139 cm³/mol. The highest BCUT2D eigenvalue weighted by Gasteiger charge is 2.37. The van der Waals surface area contributed by atoms with Gasteiger partial charge in [0.2, 0.25) is 5.96 Å². The van der Waals surface area contributed by atoms with Crippen LogP contribution in [0, 0.1) is 0 Å². The average molecular weight is 432 g/mol. The second-order valence-electron chi connectivity index (χ2n) is 10.3. The molecule has 1 saturated heterocycles. The molecule has 7 rings (SSSR count). The molecule has 0 aromatic heterocycles. The first-order chi connectivity index (χ1) is 16.1. The van der Waals surface area contributed by atoms with Gasteiger partial charge in [-0.1, -0.05) is 44.2 Å². The molecule has 0 atom stereocenters. The first-order valence-electron chi connectivity index (χ1n) is 12.3. The van der Waals surface area contributed by atoms with Gasteiger partial charge in [0.1, 0.15) is 0 Å². The Balaban J connectivity index is 1.37. The zero-order valence-corrected chi connectivity index (χ0v) is 19.4. The maximum Gasteiger partial charge on any atom is 0.201 e. The van der Waals surface area contributed by atoms with Crippen molar-refractivity contribution in [3.05, 3.63) is 77.9 Å². The van der Waals surface area contributed by atoms with Gasteiger partial charge in [-0.25, -0.2) is 0 Å². The quantitative estimate of drug-likeness (QED) is 0.317. The molecule has 1 fully saturated rings. The molecule has 0 spiro atoms. The number of hydrogen-bond donors (Lipinski definition) is 0. The summed E-state index contributed by atoms with van der Waals surface area (Å²) in [6.07, 6.45) is 2.37. The molecular formula is C30H29N3. The summed E-state index contributed by atoms with van der Waals surface area (Å²) in [5.41, 5.74) is 6.91. The molecule has 0 bridgehead atoms. The minimum atomic E-state index is -0.0235. The molecule has 4 aromatic rings. The largest absolute Gasteiger partial charge is 0.342 e. The van der Waals surface area contributed by atoms with Crippen LogP contribution in [0.3, 0.4) is 0 Å². The number of anilines is 1. The van der Waals surface area contributed by atoms with Gasteiger partial charge in [0.25, 0.3) is 0 Å². The van der Waals surface area contributed by atoms with Crippen molar-refractivity contribution in [3.8, 4) is 11.1 Å². The van der Waals surface area contributed by atoms with E-state index in [0.717, 1.165) is 26.2 Å². The number of rotatable bonds is 1. The van der Waals surface area contributed by atoms with E-state index in [4.69, 9.17) is 4.99 Å². The maximum absolute atomic E-state index is 4.91. The van der Waals surface area contributed by atoms with Crippen molar-refractivity contribution in [1.82, 2.24) is 4.90 Å². The SMILES string of the molecule is CC1(C)c2cc(N3CCCN4CCCN=C43)ccc2-c2cc3cc4ccccc4cc3cc21. The van der Waals surface area contributed by atoms with Crippen molar-refractivity contribution in [3.63, 3.8) is 0 Å². The van der Waals surface area contributed by atoms with Crippen LogP contribution in [0.2, 0.25) is 0 Å². The van der Waals surface area contributed by atoms with Gasteiger partial charge < -0.3 is 9.80 Å². The second-order valence-corrected chi connectivity index (χ2v) is 10.3. The third kappa shape index (κ3) is 2.78. The van der Waals surface area contributed by atoms with Gasteiger partial charge in [0, 0.05) is 37.3 Å². The minimum Gasteiger partial charge on any atom is -0.342 e. The zero-order chi connectivity index (χ0) is 22.2. The Morgan fingerprint density at radius 2 is 1.42 bits per heavy atom. The molecule has 0 amide bonds. The summed E-state index contributed by atoms with van der Waals surface area (Å²) >= 11 is 0. The molecule has 0 saturated carbocycles. The molecule has 3 nitrogen and oxygen atoms in total. The van der Waals surface area contributed by atoms with E-state index in [1.165, 1.54) is 68.3 Å². The topological polar surface area (TPSA) is 18.8 Å². The summed E-state index contributed by atoms with van der Waals surface area (Å²) < 4.78 is 0. The molecule has 2 heterocycles. The van der Waals surface area contributed by atoms with E-state index in [1.54, 1.807) is 0 Å². The van der Waals surface area contributed by atoms with Crippen LogP contribution in [0.25, 0.3) is 32.7 Å². The lowest BCUT2D eigenvalue weighted by Gasteiger charge is -2.41. The summed E-state index contributed by atoms with van der Waals surface area (Å²) in [7, 11) is 0. The van der Waals surface area contributed by atoms with Crippen molar-refractivity contribution in [2.75, 3.05) is 31.1 Å². The number of hydrogen-bond acceptors (Lipinski definition) is 3. The highest BCUT2D eigenvalue weighted by Crippen LogP contribution is 2.51. The molecule has 33 heavy (non-hydrogen) atoms. The van der Waals surface area contributed by atoms with Crippen LogP contribution >= 0.6 is 0 Å². The summed E-state index contributed by atoms with van der Waals surface area (Å²) in [5, 5.41) is 5.27. The average Bonchev–Trinajstić information content (AvgIpc) is 3.06. The fourth-order valence-electron chi connectivity index (χ4n) is 6.20. The first-order valence-corrected chi connectivity index (χ1v) is 12.3. The zero-order valence-electron chi connectivity index (χ0n) is 19.4. The van der Waals surface area contributed by atoms with Crippen LogP contribution in [-0.2, 0) is 5.41 Å². The van der Waals surface area contributed by atoms with E-state index in [-0.39, 0.29) is 5.41 Å². The summed E-state index contributed by atoms with van der Waals surface area (Å²) in [5.74, 6) is 1.18. The van der Waals surface area contributed by atoms with Crippen LogP contribution in [0.5, 0.6) is 0 Å². The molecule has 4 aromatic carbocycles.